The number of fused-ring (bicyclic) bond motifs is 1. The number of pyridine rings is 1. The van der Waals surface area contributed by atoms with Gasteiger partial charge in [-0.3, -0.25) is 4.98 Å². The highest BCUT2D eigenvalue weighted by molar-refractivity contribution is 7.10. The maximum atomic E-state index is 11.3. The molecule has 0 unspecified atom stereocenters. The van der Waals surface area contributed by atoms with Crippen molar-refractivity contribution < 1.29 is 14.6 Å². The smallest absolute Gasteiger partial charge is 0.336 e. The molecule has 1 aliphatic heterocycles. The largest absolute Gasteiger partial charge is 0.493 e. The summed E-state index contributed by atoms with van der Waals surface area (Å²) in [4.78, 5) is 16.7. The number of carbonyl (C=O) groups is 1. The lowest BCUT2D eigenvalue weighted by molar-refractivity contribution is 0.0695. The topological polar surface area (TPSA) is 59.4 Å². The standard InChI is InChI=1S/C21H19NO3S/c1-13-8-17(12-26-13)14-4-5-18-16(11-25-20(18)9-14)3-2-15-10-22-7-6-19(15)21(23)24/h4-10,12,16H,2-3,11H2,1H3,(H,23,24)/t16-/m0/s1. The third-order valence-corrected chi connectivity index (χ3v) is 5.71. The number of ether oxygens (including phenoxy) is 1. The van der Waals surface area contributed by atoms with E-state index in [1.807, 2.05) is 0 Å². The number of rotatable bonds is 5. The Morgan fingerprint density at radius 2 is 2.19 bits per heavy atom. The maximum Gasteiger partial charge on any atom is 0.336 e. The zero-order valence-corrected chi connectivity index (χ0v) is 15.3. The number of benzene rings is 1. The van der Waals surface area contributed by atoms with Gasteiger partial charge in [-0.1, -0.05) is 12.1 Å². The first-order chi connectivity index (χ1) is 12.6. The van der Waals surface area contributed by atoms with Gasteiger partial charge in [0.2, 0.25) is 0 Å². The van der Waals surface area contributed by atoms with Gasteiger partial charge in [0.25, 0.3) is 0 Å². The van der Waals surface area contributed by atoms with Crippen molar-refractivity contribution in [2.24, 2.45) is 0 Å². The maximum absolute atomic E-state index is 11.3. The van der Waals surface area contributed by atoms with E-state index in [1.165, 1.54) is 27.8 Å². The van der Waals surface area contributed by atoms with Gasteiger partial charge in [0.15, 0.2) is 0 Å². The monoisotopic (exact) mass is 365 g/mol. The summed E-state index contributed by atoms with van der Waals surface area (Å²) >= 11 is 1.75. The average Bonchev–Trinajstić information content (AvgIpc) is 3.25. The SMILES string of the molecule is Cc1cc(-c2ccc3c(c2)OC[C@@H]3CCc2cnccc2C(=O)O)cs1. The molecule has 132 valence electrons. The summed E-state index contributed by atoms with van der Waals surface area (Å²) in [5.74, 6) is 0.326. The van der Waals surface area contributed by atoms with Gasteiger partial charge in [-0.05, 0) is 60.0 Å². The molecule has 3 heterocycles. The van der Waals surface area contributed by atoms with Gasteiger partial charge in [0.05, 0.1) is 12.2 Å². The van der Waals surface area contributed by atoms with E-state index in [1.54, 1.807) is 23.6 Å². The fraction of sp³-hybridized carbons (Fsp3) is 0.238. The van der Waals surface area contributed by atoms with E-state index in [0.717, 1.165) is 17.7 Å². The number of aryl methyl sites for hydroxylation is 2. The number of aromatic carboxylic acids is 1. The van der Waals surface area contributed by atoms with Crippen LogP contribution in [0.25, 0.3) is 11.1 Å². The lowest BCUT2D eigenvalue weighted by atomic mass is 9.92. The molecule has 1 atom stereocenters. The average molecular weight is 365 g/mol. The quantitative estimate of drug-likeness (QED) is 0.697. The molecule has 0 aliphatic carbocycles. The van der Waals surface area contributed by atoms with Gasteiger partial charge in [-0.2, -0.15) is 0 Å². The highest BCUT2D eigenvalue weighted by Crippen LogP contribution is 2.39. The van der Waals surface area contributed by atoms with Crippen LogP contribution in [0.5, 0.6) is 5.75 Å². The summed E-state index contributed by atoms with van der Waals surface area (Å²) in [7, 11) is 0. The second-order valence-corrected chi connectivity index (χ2v) is 7.70. The molecule has 0 fully saturated rings. The molecule has 0 radical (unpaired) electrons. The number of carboxylic acid groups (broad SMARTS) is 1. The van der Waals surface area contributed by atoms with Crippen LogP contribution in [0.4, 0.5) is 0 Å². The minimum atomic E-state index is -0.902. The normalized spacial score (nSPS) is 15.5. The number of thiophene rings is 1. The first-order valence-electron chi connectivity index (χ1n) is 8.60. The fourth-order valence-electron chi connectivity index (χ4n) is 3.45. The summed E-state index contributed by atoms with van der Waals surface area (Å²) in [6, 6.07) is 10.2. The fourth-order valence-corrected chi connectivity index (χ4v) is 4.17. The second-order valence-electron chi connectivity index (χ2n) is 6.58. The highest BCUT2D eigenvalue weighted by atomic mass is 32.1. The van der Waals surface area contributed by atoms with Crippen molar-refractivity contribution in [1.82, 2.24) is 4.98 Å². The van der Waals surface area contributed by atoms with E-state index < -0.39 is 5.97 Å². The van der Waals surface area contributed by atoms with Crippen LogP contribution >= 0.6 is 11.3 Å². The Kier molecular flexibility index (Phi) is 4.47. The molecule has 4 nitrogen and oxygen atoms in total. The molecule has 0 saturated heterocycles. The van der Waals surface area contributed by atoms with Gasteiger partial charge in [-0.25, -0.2) is 4.79 Å². The molecule has 26 heavy (non-hydrogen) atoms. The van der Waals surface area contributed by atoms with Crippen LogP contribution in [0.15, 0.2) is 48.1 Å². The van der Waals surface area contributed by atoms with Crippen molar-refractivity contribution in [3.05, 3.63) is 69.7 Å². The predicted molar refractivity (Wildman–Crippen MR) is 102 cm³/mol. The Hall–Kier alpha value is -2.66. The molecule has 0 spiro atoms. The van der Waals surface area contributed by atoms with Crippen LogP contribution in [0, 0.1) is 6.92 Å². The van der Waals surface area contributed by atoms with E-state index in [4.69, 9.17) is 4.74 Å². The minimum Gasteiger partial charge on any atom is -0.493 e. The van der Waals surface area contributed by atoms with Crippen molar-refractivity contribution >= 4 is 17.3 Å². The van der Waals surface area contributed by atoms with E-state index in [9.17, 15) is 9.90 Å². The molecule has 0 saturated carbocycles. The Morgan fingerprint density at radius 3 is 2.96 bits per heavy atom. The summed E-state index contributed by atoms with van der Waals surface area (Å²) < 4.78 is 5.92. The number of nitrogens with zero attached hydrogens (tertiary/aromatic N) is 1. The Bertz CT molecular complexity index is 963. The van der Waals surface area contributed by atoms with E-state index in [-0.39, 0.29) is 5.92 Å². The van der Waals surface area contributed by atoms with Crippen LogP contribution in [0.3, 0.4) is 0 Å². The van der Waals surface area contributed by atoms with Crippen LogP contribution in [-0.2, 0) is 6.42 Å². The zero-order valence-electron chi connectivity index (χ0n) is 14.4. The molecule has 2 aromatic heterocycles. The lowest BCUT2D eigenvalue weighted by Gasteiger charge is -2.10. The number of aromatic nitrogens is 1. The van der Waals surface area contributed by atoms with Crippen LogP contribution < -0.4 is 4.74 Å². The van der Waals surface area contributed by atoms with Crippen molar-refractivity contribution in [1.29, 1.82) is 0 Å². The van der Waals surface area contributed by atoms with Crippen LogP contribution in [0.2, 0.25) is 0 Å². The molecule has 1 N–H and O–H groups in total. The number of carboxylic acids is 1. The number of hydrogen-bond acceptors (Lipinski definition) is 4. The summed E-state index contributed by atoms with van der Waals surface area (Å²) in [6.07, 6.45) is 4.70. The lowest BCUT2D eigenvalue weighted by Crippen LogP contribution is -2.07. The molecular formula is C21H19NO3S. The molecule has 1 aliphatic rings. The van der Waals surface area contributed by atoms with Crippen molar-refractivity contribution in [3.63, 3.8) is 0 Å². The highest BCUT2D eigenvalue weighted by Gasteiger charge is 2.25. The van der Waals surface area contributed by atoms with Crippen molar-refractivity contribution in [2.75, 3.05) is 6.61 Å². The molecule has 4 rings (SSSR count). The molecule has 5 heteroatoms. The summed E-state index contributed by atoms with van der Waals surface area (Å²) in [6.45, 7) is 2.75. The van der Waals surface area contributed by atoms with E-state index in [0.29, 0.717) is 18.6 Å². The first kappa shape index (κ1) is 16.8. The Labute approximate surface area is 156 Å². The van der Waals surface area contributed by atoms with Crippen LogP contribution in [-0.4, -0.2) is 22.7 Å². The molecular weight excluding hydrogens is 346 g/mol. The van der Waals surface area contributed by atoms with Crippen molar-refractivity contribution in [3.8, 4) is 16.9 Å². The first-order valence-corrected chi connectivity index (χ1v) is 9.48. The zero-order chi connectivity index (χ0) is 18.1. The predicted octanol–water partition coefficient (Wildman–Crippen LogP) is 4.93. The van der Waals surface area contributed by atoms with Gasteiger partial charge in [-0.15, -0.1) is 11.3 Å². The van der Waals surface area contributed by atoms with Gasteiger partial charge < -0.3 is 9.84 Å². The molecule has 1 aromatic carbocycles. The third-order valence-electron chi connectivity index (χ3n) is 4.85. The van der Waals surface area contributed by atoms with Gasteiger partial charge >= 0.3 is 5.97 Å². The Morgan fingerprint density at radius 1 is 1.31 bits per heavy atom. The van der Waals surface area contributed by atoms with E-state index >= 15 is 0 Å². The van der Waals surface area contributed by atoms with Gasteiger partial charge in [0.1, 0.15) is 5.75 Å². The third kappa shape index (κ3) is 3.22. The van der Waals surface area contributed by atoms with Crippen LogP contribution in [0.1, 0.15) is 38.7 Å². The summed E-state index contributed by atoms with van der Waals surface area (Å²) in [5.41, 5.74) is 4.72. The summed E-state index contributed by atoms with van der Waals surface area (Å²) in [5, 5.41) is 11.5. The molecule has 3 aromatic rings. The Balaban J connectivity index is 1.51. The minimum absolute atomic E-state index is 0.283. The second kappa shape index (κ2) is 6.92. The van der Waals surface area contributed by atoms with E-state index in [2.05, 4.69) is 41.6 Å². The molecule has 0 bridgehead atoms. The van der Waals surface area contributed by atoms with Crippen molar-refractivity contribution in [2.45, 2.75) is 25.7 Å². The van der Waals surface area contributed by atoms with Gasteiger partial charge in [0, 0.05) is 28.8 Å². The number of hydrogen-bond donors (Lipinski definition) is 1. The molecule has 0 amide bonds.